The van der Waals surface area contributed by atoms with Crippen molar-refractivity contribution in [2.45, 2.75) is 25.4 Å². The van der Waals surface area contributed by atoms with Gasteiger partial charge in [0, 0.05) is 38.8 Å². The predicted octanol–water partition coefficient (Wildman–Crippen LogP) is 3.28. The van der Waals surface area contributed by atoms with Crippen LogP contribution in [0.15, 0.2) is 48.5 Å². The molecule has 1 amide bonds. The van der Waals surface area contributed by atoms with Crippen molar-refractivity contribution >= 4 is 11.6 Å². The Morgan fingerprint density at radius 2 is 1.64 bits per heavy atom. The first-order chi connectivity index (χ1) is 13.6. The van der Waals surface area contributed by atoms with Gasteiger partial charge in [0.2, 0.25) is 5.91 Å². The largest absolute Gasteiger partial charge is 0.366 e. The van der Waals surface area contributed by atoms with E-state index in [1.807, 2.05) is 15.9 Å². The fourth-order valence-electron chi connectivity index (χ4n) is 3.76. The van der Waals surface area contributed by atoms with Crippen LogP contribution in [-0.4, -0.2) is 54.5 Å². The first kappa shape index (κ1) is 18.9. The molecule has 1 aliphatic carbocycles. The molecule has 0 bridgehead atoms. The van der Waals surface area contributed by atoms with Crippen molar-refractivity contribution in [1.29, 1.82) is 0 Å². The lowest BCUT2D eigenvalue weighted by atomic mass is 10.2. The number of piperazine rings is 1. The van der Waals surface area contributed by atoms with Gasteiger partial charge in [-0.1, -0.05) is 24.3 Å². The fraction of sp³-hybridized carbons (Fsp3) is 0.409. The number of carbonyl (C=O) groups is 1. The van der Waals surface area contributed by atoms with Crippen molar-refractivity contribution < 1.29 is 13.6 Å². The summed E-state index contributed by atoms with van der Waals surface area (Å²) in [5.41, 5.74) is 1.62. The molecule has 4 nitrogen and oxygen atoms in total. The summed E-state index contributed by atoms with van der Waals surface area (Å²) in [6.07, 6.45) is 2.21. The smallest absolute Gasteiger partial charge is 0.236 e. The van der Waals surface area contributed by atoms with E-state index in [-0.39, 0.29) is 17.5 Å². The van der Waals surface area contributed by atoms with Crippen LogP contribution in [0.3, 0.4) is 0 Å². The molecule has 4 rings (SSSR count). The zero-order valence-electron chi connectivity index (χ0n) is 15.9. The number of amides is 1. The van der Waals surface area contributed by atoms with Gasteiger partial charge in [0.15, 0.2) is 0 Å². The monoisotopic (exact) mass is 385 g/mol. The Labute approximate surface area is 164 Å². The lowest BCUT2D eigenvalue weighted by Crippen LogP contribution is -2.51. The average Bonchev–Trinajstić information content (AvgIpc) is 3.55. The molecule has 1 aliphatic heterocycles. The van der Waals surface area contributed by atoms with Gasteiger partial charge in [-0.05, 0) is 42.7 Å². The summed E-state index contributed by atoms with van der Waals surface area (Å²) in [6.45, 7) is 3.50. The van der Waals surface area contributed by atoms with Gasteiger partial charge in [0.25, 0.3) is 0 Å². The lowest BCUT2D eigenvalue weighted by molar-refractivity contribution is -0.133. The zero-order valence-corrected chi connectivity index (χ0v) is 15.9. The van der Waals surface area contributed by atoms with E-state index >= 15 is 0 Å². The van der Waals surface area contributed by atoms with Crippen LogP contribution in [-0.2, 0) is 11.3 Å². The summed E-state index contributed by atoms with van der Waals surface area (Å²) in [5.74, 6) is -0.353. The average molecular weight is 385 g/mol. The number of halogens is 2. The third-order valence-electron chi connectivity index (χ3n) is 5.53. The second-order valence-electron chi connectivity index (χ2n) is 7.58. The molecule has 1 heterocycles. The van der Waals surface area contributed by atoms with Crippen LogP contribution in [0.1, 0.15) is 18.4 Å². The standard InChI is InChI=1S/C22H25F2N3O/c23-18-7-5-17(6-8-18)15-27(19-9-10-19)16-22(28)26-13-11-25(12-14-26)21-4-2-1-3-20(21)24/h1-8,19H,9-16H2. The number of para-hydroxylation sites is 1. The van der Waals surface area contributed by atoms with Gasteiger partial charge >= 0.3 is 0 Å². The van der Waals surface area contributed by atoms with E-state index in [0.717, 1.165) is 18.4 Å². The summed E-state index contributed by atoms with van der Waals surface area (Å²) in [5, 5.41) is 0. The predicted molar refractivity (Wildman–Crippen MR) is 105 cm³/mol. The molecule has 0 N–H and O–H groups in total. The molecule has 2 fully saturated rings. The second kappa shape index (κ2) is 8.27. The fourth-order valence-corrected chi connectivity index (χ4v) is 3.76. The molecule has 2 aliphatic rings. The maximum atomic E-state index is 14.0. The first-order valence-electron chi connectivity index (χ1n) is 9.86. The Balaban J connectivity index is 1.33. The van der Waals surface area contributed by atoms with Gasteiger partial charge in [-0.15, -0.1) is 0 Å². The Morgan fingerprint density at radius 3 is 2.29 bits per heavy atom. The highest BCUT2D eigenvalue weighted by Crippen LogP contribution is 2.28. The van der Waals surface area contributed by atoms with Gasteiger partial charge in [0.05, 0.1) is 12.2 Å². The maximum Gasteiger partial charge on any atom is 0.236 e. The highest BCUT2D eigenvalue weighted by Gasteiger charge is 2.32. The molecular formula is C22H25F2N3O. The van der Waals surface area contributed by atoms with Crippen LogP contribution in [0.25, 0.3) is 0 Å². The van der Waals surface area contributed by atoms with Crippen molar-refractivity contribution in [2.24, 2.45) is 0 Å². The molecule has 1 saturated carbocycles. The van der Waals surface area contributed by atoms with E-state index in [9.17, 15) is 13.6 Å². The molecule has 2 aromatic carbocycles. The first-order valence-corrected chi connectivity index (χ1v) is 9.86. The summed E-state index contributed by atoms with van der Waals surface area (Å²) < 4.78 is 27.1. The minimum Gasteiger partial charge on any atom is -0.366 e. The minimum atomic E-state index is -0.245. The third kappa shape index (κ3) is 4.50. The van der Waals surface area contributed by atoms with E-state index < -0.39 is 0 Å². The molecule has 1 saturated heterocycles. The van der Waals surface area contributed by atoms with E-state index in [2.05, 4.69) is 4.90 Å². The van der Waals surface area contributed by atoms with Gasteiger partial charge in [0.1, 0.15) is 11.6 Å². The van der Waals surface area contributed by atoms with Crippen molar-refractivity contribution in [3.63, 3.8) is 0 Å². The van der Waals surface area contributed by atoms with E-state index in [0.29, 0.717) is 51.0 Å². The Kier molecular flexibility index (Phi) is 5.57. The number of benzene rings is 2. The Hall–Kier alpha value is -2.47. The topological polar surface area (TPSA) is 26.8 Å². The van der Waals surface area contributed by atoms with Crippen LogP contribution in [0.5, 0.6) is 0 Å². The van der Waals surface area contributed by atoms with Crippen LogP contribution in [0, 0.1) is 11.6 Å². The molecule has 0 radical (unpaired) electrons. The van der Waals surface area contributed by atoms with E-state index in [1.165, 1.54) is 18.2 Å². The highest BCUT2D eigenvalue weighted by molar-refractivity contribution is 5.78. The highest BCUT2D eigenvalue weighted by atomic mass is 19.1. The second-order valence-corrected chi connectivity index (χ2v) is 7.58. The van der Waals surface area contributed by atoms with Gasteiger partial charge in [-0.2, -0.15) is 0 Å². The lowest BCUT2D eigenvalue weighted by Gasteiger charge is -2.37. The van der Waals surface area contributed by atoms with Gasteiger partial charge < -0.3 is 9.80 Å². The van der Waals surface area contributed by atoms with Crippen molar-refractivity contribution in [3.05, 3.63) is 65.7 Å². The molecule has 28 heavy (non-hydrogen) atoms. The minimum absolute atomic E-state index is 0.113. The van der Waals surface area contributed by atoms with Crippen LogP contribution in [0.2, 0.25) is 0 Å². The van der Waals surface area contributed by atoms with Crippen molar-refractivity contribution in [2.75, 3.05) is 37.6 Å². The van der Waals surface area contributed by atoms with Gasteiger partial charge in [-0.25, -0.2) is 8.78 Å². The summed E-state index contributed by atoms with van der Waals surface area (Å²) in [7, 11) is 0. The summed E-state index contributed by atoms with van der Waals surface area (Å²) in [6, 6.07) is 13.7. The number of rotatable bonds is 6. The van der Waals surface area contributed by atoms with Gasteiger partial charge in [-0.3, -0.25) is 9.69 Å². The van der Waals surface area contributed by atoms with Crippen molar-refractivity contribution in [1.82, 2.24) is 9.80 Å². The Morgan fingerprint density at radius 1 is 0.964 bits per heavy atom. The zero-order chi connectivity index (χ0) is 19.5. The van der Waals surface area contributed by atoms with Crippen LogP contribution >= 0.6 is 0 Å². The third-order valence-corrected chi connectivity index (χ3v) is 5.53. The summed E-state index contributed by atoms with van der Waals surface area (Å²) in [4.78, 5) is 18.9. The number of nitrogens with zero attached hydrogens (tertiary/aromatic N) is 3. The van der Waals surface area contributed by atoms with E-state index in [4.69, 9.17) is 0 Å². The van der Waals surface area contributed by atoms with Crippen LogP contribution in [0.4, 0.5) is 14.5 Å². The van der Waals surface area contributed by atoms with Crippen LogP contribution < -0.4 is 4.90 Å². The van der Waals surface area contributed by atoms with Crippen molar-refractivity contribution in [3.8, 4) is 0 Å². The normalized spacial score (nSPS) is 17.2. The molecule has 148 valence electrons. The molecule has 0 aromatic heterocycles. The Bertz CT molecular complexity index is 815. The quantitative estimate of drug-likeness (QED) is 0.764. The molecular weight excluding hydrogens is 360 g/mol. The molecule has 0 spiro atoms. The SMILES string of the molecule is O=C(CN(Cc1ccc(F)cc1)C1CC1)N1CCN(c2ccccc2F)CC1. The molecule has 6 heteroatoms. The number of hydrogen-bond acceptors (Lipinski definition) is 3. The maximum absolute atomic E-state index is 14.0. The number of carbonyl (C=O) groups excluding carboxylic acids is 1. The number of hydrogen-bond donors (Lipinski definition) is 0. The molecule has 0 unspecified atom stereocenters. The number of anilines is 1. The van der Waals surface area contributed by atoms with E-state index in [1.54, 1.807) is 24.3 Å². The molecule has 0 atom stereocenters. The summed E-state index contributed by atoms with van der Waals surface area (Å²) >= 11 is 0. The molecule has 2 aromatic rings.